The van der Waals surface area contributed by atoms with Gasteiger partial charge in [0.05, 0.1) is 17.6 Å². The molecule has 5 nitrogen and oxygen atoms in total. The Balaban J connectivity index is 2.24. The summed E-state index contributed by atoms with van der Waals surface area (Å²) in [7, 11) is -0.542. The largest absolute Gasteiger partial charge is 0.384 e. The molecule has 1 fully saturated rings. The fraction of sp³-hybridized carbons (Fsp3) is 0.562. The van der Waals surface area contributed by atoms with E-state index in [0.717, 1.165) is 24.8 Å². The van der Waals surface area contributed by atoms with Crippen LogP contribution in [-0.4, -0.2) is 39.0 Å². The van der Waals surface area contributed by atoms with E-state index in [1.165, 1.54) is 11.4 Å². The Morgan fingerprint density at radius 2 is 1.95 bits per heavy atom. The van der Waals surface area contributed by atoms with Crippen molar-refractivity contribution in [3.63, 3.8) is 0 Å². The number of benzene rings is 1. The van der Waals surface area contributed by atoms with E-state index >= 15 is 0 Å². The number of nitrogens with zero attached hydrogens (tertiary/aromatic N) is 2. The highest BCUT2D eigenvalue weighted by molar-refractivity contribution is 7.89. The van der Waals surface area contributed by atoms with Gasteiger partial charge in [0.15, 0.2) is 0 Å². The molecular weight excluding hydrogens is 300 g/mol. The van der Waals surface area contributed by atoms with Crippen LogP contribution < -0.4 is 0 Å². The van der Waals surface area contributed by atoms with Crippen LogP contribution in [0.25, 0.3) is 0 Å². The average Bonchev–Trinajstić information content (AvgIpc) is 3.37. The second-order valence-corrected chi connectivity index (χ2v) is 7.86. The van der Waals surface area contributed by atoms with E-state index in [1.54, 1.807) is 38.3 Å². The van der Waals surface area contributed by atoms with Gasteiger partial charge in [-0.25, -0.2) is 8.42 Å². The summed E-state index contributed by atoms with van der Waals surface area (Å²) in [5.41, 5.74) is 0.0433. The van der Waals surface area contributed by atoms with Crippen molar-refractivity contribution in [2.45, 2.75) is 36.6 Å². The fourth-order valence-corrected chi connectivity index (χ4v) is 4.01. The lowest BCUT2D eigenvalue weighted by Crippen LogP contribution is -2.47. The summed E-state index contributed by atoms with van der Waals surface area (Å²) in [4.78, 5) is 0.221. The molecule has 0 bridgehead atoms. The smallest absolute Gasteiger partial charge is 0.244 e. The van der Waals surface area contributed by atoms with E-state index in [4.69, 9.17) is 4.74 Å². The maximum atomic E-state index is 12.7. The minimum atomic E-state index is -3.67. The van der Waals surface area contributed by atoms with Gasteiger partial charge in [-0.2, -0.15) is 9.57 Å². The maximum Gasteiger partial charge on any atom is 0.244 e. The van der Waals surface area contributed by atoms with Crippen molar-refractivity contribution in [3.8, 4) is 6.07 Å². The Bertz CT molecular complexity index is 660. The highest BCUT2D eigenvalue weighted by Crippen LogP contribution is 2.43. The number of sulfonamides is 1. The molecule has 0 N–H and O–H groups in total. The summed E-state index contributed by atoms with van der Waals surface area (Å²) in [6.07, 6.45) is 2.55. The first-order valence-electron chi connectivity index (χ1n) is 7.34. The summed E-state index contributed by atoms with van der Waals surface area (Å²) in [6, 6.07) is 8.97. The summed E-state index contributed by atoms with van der Waals surface area (Å²) in [6.45, 7) is 2.30. The first kappa shape index (κ1) is 16.9. The van der Waals surface area contributed by atoms with E-state index < -0.39 is 15.6 Å². The Hall–Kier alpha value is -1.42. The van der Waals surface area contributed by atoms with E-state index in [9.17, 15) is 13.7 Å². The van der Waals surface area contributed by atoms with Gasteiger partial charge >= 0.3 is 0 Å². The minimum Gasteiger partial charge on any atom is -0.384 e. The molecule has 0 heterocycles. The van der Waals surface area contributed by atoms with Crippen LogP contribution in [-0.2, 0) is 21.2 Å². The van der Waals surface area contributed by atoms with Gasteiger partial charge in [-0.05, 0) is 49.8 Å². The molecule has 0 unspecified atom stereocenters. The van der Waals surface area contributed by atoms with Gasteiger partial charge in [0.1, 0.15) is 5.54 Å². The van der Waals surface area contributed by atoms with Crippen molar-refractivity contribution in [3.05, 3.63) is 29.8 Å². The van der Waals surface area contributed by atoms with Crippen LogP contribution in [0.3, 0.4) is 0 Å². The molecule has 0 amide bonds. The fourth-order valence-electron chi connectivity index (χ4n) is 2.52. The van der Waals surface area contributed by atoms with Gasteiger partial charge in [0.25, 0.3) is 0 Å². The van der Waals surface area contributed by atoms with Crippen molar-refractivity contribution in [2.75, 3.05) is 20.8 Å². The molecule has 0 radical (unpaired) electrons. The second-order valence-electron chi connectivity index (χ2n) is 5.89. The van der Waals surface area contributed by atoms with Gasteiger partial charge in [-0.3, -0.25) is 0 Å². The molecule has 1 aromatic carbocycles. The van der Waals surface area contributed by atoms with E-state index in [1.807, 2.05) is 0 Å². The first-order valence-corrected chi connectivity index (χ1v) is 8.78. The second kappa shape index (κ2) is 6.37. The monoisotopic (exact) mass is 322 g/mol. The maximum absolute atomic E-state index is 12.7. The van der Waals surface area contributed by atoms with Crippen LogP contribution in [0.1, 0.15) is 25.3 Å². The van der Waals surface area contributed by atoms with E-state index in [-0.39, 0.29) is 10.8 Å². The molecule has 1 aromatic rings. The molecule has 0 aromatic heterocycles. The molecule has 1 aliphatic rings. The lowest BCUT2D eigenvalue weighted by atomic mass is 9.99. The SMILES string of the molecule is COCCc1ccc(S(=O)(=O)N(C)[C@](C)(C#N)C2CC2)cc1. The van der Waals surface area contributed by atoms with Gasteiger partial charge in [-0.15, -0.1) is 0 Å². The van der Waals surface area contributed by atoms with Crippen LogP contribution in [0.2, 0.25) is 0 Å². The minimum absolute atomic E-state index is 0.123. The third kappa shape index (κ3) is 3.17. The number of ether oxygens (including phenoxy) is 1. The lowest BCUT2D eigenvalue weighted by Gasteiger charge is -2.32. The zero-order valence-electron chi connectivity index (χ0n) is 13.2. The van der Waals surface area contributed by atoms with Crippen LogP contribution in [0.4, 0.5) is 0 Å². The summed E-state index contributed by atoms with van der Waals surface area (Å²) >= 11 is 0. The van der Waals surface area contributed by atoms with Crippen molar-refractivity contribution < 1.29 is 13.2 Å². The van der Waals surface area contributed by atoms with Crippen LogP contribution in [0, 0.1) is 17.2 Å². The van der Waals surface area contributed by atoms with E-state index in [2.05, 4.69) is 6.07 Å². The molecular formula is C16H22N2O3S. The Labute approximate surface area is 132 Å². The Morgan fingerprint density at radius 1 is 1.36 bits per heavy atom. The summed E-state index contributed by atoms with van der Waals surface area (Å²) < 4.78 is 31.7. The van der Waals surface area contributed by atoms with Gasteiger partial charge < -0.3 is 4.74 Å². The number of nitriles is 1. The number of rotatable bonds is 7. The number of hydrogen-bond donors (Lipinski definition) is 0. The highest BCUT2D eigenvalue weighted by Gasteiger charge is 2.49. The summed E-state index contributed by atoms with van der Waals surface area (Å²) in [5, 5.41) is 9.45. The van der Waals surface area contributed by atoms with Crippen molar-refractivity contribution >= 4 is 10.0 Å². The normalized spacial score (nSPS) is 18.0. The lowest BCUT2D eigenvalue weighted by molar-refractivity contribution is 0.202. The van der Waals surface area contributed by atoms with E-state index in [0.29, 0.717) is 6.61 Å². The summed E-state index contributed by atoms with van der Waals surface area (Å²) in [5.74, 6) is 0.123. The molecule has 0 spiro atoms. The topological polar surface area (TPSA) is 70.4 Å². The predicted molar refractivity (Wildman–Crippen MR) is 83.7 cm³/mol. The van der Waals surface area contributed by atoms with Crippen molar-refractivity contribution in [1.29, 1.82) is 5.26 Å². The highest BCUT2D eigenvalue weighted by atomic mass is 32.2. The molecule has 2 rings (SSSR count). The first-order chi connectivity index (χ1) is 10.4. The average molecular weight is 322 g/mol. The molecule has 1 aliphatic carbocycles. The quantitative estimate of drug-likeness (QED) is 0.771. The molecule has 22 heavy (non-hydrogen) atoms. The molecule has 120 valence electrons. The zero-order chi connectivity index (χ0) is 16.4. The predicted octanol–water partition coefficient (Wildman–Crippen LogP) is 2.19. The Kier molecular flexibility index (Phi) is 4.90. The van der Waals surface area contributed by atoms with Gasteiger partial charge in [-0.1, -0.05) is 12.1 Å². The Morgan fingerprint density at radius 3 is 2.41 bits per heavy atom. The molecule has 0 aliphatic heterocycles. The number of hydrogen-bond acceptors (Lipinski definition) is 4. The van der Waals surface area contributed by atoms with Crippen molar-refractivity contribution in [1.82, 2.24) is 4.31 Å². The van der Waals surface area contributed by atoms with Crippen molar-refractivity contribution in [2.24, 2.45) is 5.92 Å². The third-order valence-electron chi connectivity index (χ3n) is 4.43. The van der Waals surface area contributed by atoms with Gasteiger partial charge in [0, 0.05) is 14.2 Å². The zero-order valence-corrected chi connectivity index (χ0v) is 14.1. The third-order valence-corrected chi connectivity index (χ3v) is 6.40. The molecule has 0 saturated heterocycles. The van der Waals surface area contributed by atoms with Crippen LogP contribution >= 0.6 is 0 Å². The molecule has 1 saturated carbocycles. The molecule has 1 atom stereocenters. The van der Waals surface area contributed by atoms with Crippen LogP contribution in [0.15, 0.2) is 29.2 Å². The van der Waals surface area contributed by atoms with Crippen LogP contribution in [0.5, 0.6) is 0 Å². The van der Waals surface area contributed by atoms with Gasteiger partial charge in [0.2, 0.25) is 10.0 Å². The molecule has 6 heteroatoms. The number of methoxy groups -OCH3 is 1. The standard InChI is InChI=1S/C16H22N2O3S/c1-16(12-17,14-6-7-14)18(2)22(19,20)15-8-4-13(5-9-15)10-11-21-3/h4-5,8-9,14H,6-7,10-11H2,1-3H3/t16-/m1/s1.